The molecule has 14 heavy (non-hydrogen) atoms. The van der Waals surface area contributed by atoms with Crippen LogP contribution in [0.15, 0.2) is 23.4 Å². The molecule has 0 atom stereocenters. The third-order valence-corrected chi connectivity index (χ3v) is 2.32. The monoisotopic (exact) mass is 190 g/mol. The van der Waals surface area contributed by atoms with E-state index in [9.17, 15) is 10.0 Å². The van der Waals surface area contributed by atoms with Gasteiger partial charge in [0.05, 0.1) is 5.52 Å². The van der Waals surface area contributed by atoms with Crippen LogP contribution in [0.4, 0.5) is 5.69 Å². The molecule has 0 aliphatic rings. The topological polar surface area (TPSA) is 65.4 Å². The zero-order valence-corrected chi connectivity index (χ0v) is 7.74. The minimum absolute atomic E-state index is 0.0858. The molecule has 2 rings (SSSR count). The Hall–Kier alpha value is -1.84. The molecule has 4 nitrogen and oxygen atoms in total. The third kappa shape index (κ3) is 1.16. The number of fused-ring (bicyclic) bond motifs is 1. The standard InChI is InChI=1S/C10H10N2O2/c1-2-6-3-4-7-8(5-6)11-10(13)9(7)12-14/h3-5,11,13H,2H2,1H3. The summed E-state index contributed by atoms with van der Waals surface area (Å²) in [7, 11) is 0. The molecule has 4 heteroatoms. The summed E-state index contributed by atoms with van der Waals surface area (Å²) in [6.07, 6.45) is 0.916. The highest BCUT2D eigenvalue weighted by atomic mass is 16.3. The van der Waals surface area contributed by atoms with E-state index in [2.05, 4.69) is 10.2 Å². The first kappa shape index (κ1) is 8.74. The number of aromatic amines is 1. The van der Waals surface area contributed by atoms with Gasteiger partial charge in [0, 0.05) is 5.39 Å². The molecule has 0 saturated carbocycles. The molecule has 0 aliphatic heterocycles. The van der Waals surface area contributed by atoms with E-state index in [1.165, 1.54) is 0 Å². The summed E-state index contributed by atoms with van der Waals surface area (Å²) in [6.45, 7) is 2.04. The molecule has 0 unspecified atom stereocenters. The second kappa shape index (κ2) is 3.14. The molecule has 0 saturated heterocycles. The van der Waals surface area contributed by atoms with Crippen LogP contribution in [0.2, 0.25) is 0 Å². The molecule has 0 radical (unpaired) electrons. The molecule has 2 aromatic rings. The van der Waals surface area contributed by atoms with Gasteiger partial charge in [-0.05, 0) is 23.2 Å². The summed E-state index contributed by atoms with van der Waals surface area (Å²) in [5.41, 5.74) is 1.98. The van der Waals surface area contributed by atoms with Crippen molar-refractivity contribution in [3.8, 4) is 5.88 Å². The van der Waals surface area contributed by atoms with Crippen molar-refractivity contribution in [1.82, 2.24) is 4.98 Å². The van der Waals surface area contributed by atoms with Crippen molar-refractivity contribution < 1.29 is 5.11 Å². The van der Waals surface area contributed by atoms with Crippen molar-refractivity contribution in [3.63, 3.8) is 0 Å². The van der Waals surface area contributed by atoms with Gasteiger partial charge < -0.3 is 10.1 Å². The van der Waals surface area contributed by atoms with Crippen LogP contribution in [-0.2, 0) is 6.42 Å². The number of nitrogens with one attached hydrogen (secondary N) is 1. The number of nitroso groups, excluding NO2 is 1. The van der Waals surface area contributed by atoms with E-state index >= 15 is 0 Å². The largest absolute Gasteiger partial charge is 0.493 e. The Labute approximate surface area is 80.5 Å². The van der Waals surface area contributed by atoms with Crippen molar-refractivity contribution in [1.29, 1.82) is 0 Å². The second-order valence-electron chi connectivity index (χ2n) is 3.15. The minimum atomic E-state index is -0.164. The number of rotatable bonds is 2. The van der Waals surface area contributed by atoms with Crippen LogP contribution < -0.4 is 0 Å². The van der Waals surface area contributed by atoms with E-state index in [0.717, 1.165) is 17.5 Å². The maximum Gasteiger partial charge on any atom is 0.219 e. The summed E-state index contributed by atoms with van der Waals surface area (Å²) in [6, 6.07) is 5.62. The van der Waals surface area contributed by atoms with Crippen LogP contribution in [0.3, 0.4) is 0 Å². The molecule has 0 bridgehead atoms. The van der Waals surface area contributed by atoms with Gasteiger partial charge in [0.2, 0.25) is 5.88 Å². The number of aromatic hydroxyl groups is 1. The molecule has 72 valence electrons. The van der Waals surface area contributed by atoms with Gasteiger partial charge in [0.25, 0.3) is 0 Å². The van der Waals surface area contributed by atoms with Gasteiger partial charge in [0.1, 0.15) is 0 Å². The van der Waals surface area contributed by atoms with E-state index < -0.39 is 0 Å². The predicted octanol–water partition coefficient (Wildman–Crippen LogP) is 2.83. The molecular formula is C10H10N2O2. The highest BCUT2D eigenvalue weighted by Crippen LogP contribution is 2.35. The molecule has 1 heterocycles. The number of hydrogen-bond donors (Lipinski definition) is 2. The smallest absolute Gasteiger partial charge is 0.219 e. The van der Waals surface area contributed by atoms with Crippen molar-refractivity contribution in [2.75, 3.05) is 0 Å². The zero-order valence-electron chi connectivity index (χ0n) is 7.74. The van der Waals surface area contributed by atoms with Crippen LogP contribution in [0.25, 0.3) is 10.9 Å². The van der Waals surface area contributed by atoms with E-state index in [1.807, 2.05) is 19.1 Å². The van der Waals surface area contributed by atoms with Crippen LogP contribution in [0.5, 0.6) is 5.88 Å². The first-order valence-electron chi connectivity index (χ1n) is 4.43. The fourth-order valence-corrected chi connectivity index (χ4v) is 1.53. The molecule has 1 aromatic carbocycles. The molecule has 1 aromatic heterocycles. The summed E-state index contributed by atoms with van der Waals surface area (Å²) in [5.74, 6) is -0.164. The zero-order chi connectivity index (χ0) is 10.1. The average molecular weight is 190 g/mol. The van der Waals surface area contributed by atoms with Gasteiger partial charge in [-0.15, -0.1) is 4.91 Å². The normalized spacial score (nSPS) is 10.6. The molecule has 0 spiro atoms. The lowest BCUT2D eigenvalue weighted by Gasteiger charge is -1.95. The van der Waals surface area contributed by atoms with Gasteiger partial charge in [-0.2, -0.15) is 0 Å². The Balaban J connectivity index is 2.74. The number of benzene rings is 1. The van der Waals surface area contributed by atoms with Gasteiger partial charge in [-0.3, -0.25) is 0 Å². The third-order valence-electron chi connectivity index (χ3n) is 2.32. The van der Waals surface area contributed by atoms with Crippen molar-refractivity contribution >= 4 is 16.6 Å². The van der Waals surface area contributed by atoms with E-state index in [4.69, 9.17) is 0 Å². The van der Waals surface area contributed by atoms with Crippen LogP contribution >= 0.6 is 0 Å². The Morgan fingerprint density at radius 2 is 2.29 bits per heavy atom. The fraction of sp³-hybridized carbons (Fsp3) is 0.200. The van der Waals surface area contributed by atoms with Crippen molar-refractivity contribution in [3.05, 3.63) is 28.7 Å². The molecular weight excluding hydrogens is 180 g/mol. The van der Waals surface area contributed by atoms with Crippen LogP contribution in [0.1, 0.15) is 12.5 Å². The Morgan fingerprint density at radius 3 is 2.93 bits per heavy atom. The maximum absolute atomic E-state index is 10.4. The highest BCUT2D eigenvalue weighted by molar-refractivity contribution is 5.94. The number of aromatic nitrogens is 1. The summed E-state index contributed by atoms with van der Waals surface area (Å²) < 4.78 is 0. The molecule has 2 N–H and O–H groups in total. The van der Waals surface area contributed by atoms with Crippen LogP contribution in [0, 0.1) is 4.91 Å². The SMILES string of the molecule is CCc1ccc2c(N=O)c(O)[nH]c2c1. The first-order chi connectivity index (χ1) is 6.76. The molecule has 0 fully saturated rings. The maximum atomic E-state index is 10.4. The molecule has 0 amide bonds. The highest BCUT2D eigenvalue weighted by Gasteiger charge is 2.10. The second-order valence-corrected chi connectivity index (χ2v) is 3.15. The summed E-state index contributed by atoms with van der Waals surface area (Å²) in [5, 5.41) is 12.8. The quantitative estimate of drug-likeness (QED) is 0.715. The van der Waals surface area contributed by atoms with Gasteiger partial charge in [-0.25, -0.2) is 0 Å². The number of H-pyrrole nitrogens is 1. The van der Waals surface area contributed by atoms with Gasteiger partial charge >= 0.3 is 0 Å². The number of hydrogen-bond acceptors (Lipinski definition) is 3. The van der Waals surface area contributed by atoms with E-state index in [-0.39, 0.29) is 11.6 Å². The van der Waals surface area contributed by atoms with Gasteiger partial charge in [0.15, 0.2) is 5.69 Å². The first-order valence-corrected chi connectivity index (χ1v) is 4.43. The molecule has 0 aliphatic carbocycles. The Kier molecular flexibility index (Phi) is 1.96. The van der Waals surface area contributed by atoms with E-state index in [1.54, 1.807) is 6.07 Å². The van der Waals surface area contributed by atoms with Crippen molar-refractivity contribution in [2.45, 2.75) is 13.3 Å². The lowest BCUT2D eigenvalue weighted by atomic mass is 10.1. The Morgan fingerprint density at radius 1 is 1.50 bits per heavy atom. The average Bonchev–Trinajstić information content (AvgIpc) is 2.51. The summed E-state index contributed by atoms with van der Waals surface area (Å²) >= 11 is 0. The predicted molar refractivity (Wildman–Crippen MR) is 54.8 cm³/mol. The Bertz CT molecular complexity index is 488. The lowest BCUT2D eigenvalue weighted by molar-refractivity contribution is 0.460. The van der Waals surface area contributed by atoms with Crippen molar-refractivity contribution in [2.24, 2.45) is 5.18 Å². The van der Waals surface area contributed by atoms with Crippen LogP contribution in [-0.4, -0.2) is 10.1 Å². The lowest BCUT2D eigenvalue weighted by Crippen LogP contribution is -1.78. The fourth-order valence-electron chi connectivity index (χ4n) is 1.53. The summed E-state index contributed by atoms with van der Waals surface area (Å²) in [4.78, 5) is 13.1. The number of aryl methyl sites for hydroxylation is 1. The minimum Gasteiger partial charge on any atom is -0.493 e. The van der Waals surface area contributed by atoms with E-state index in [0.29, 0.717) is 5.39 Å². The van der Waals surface area contributed by atoms with Gasteiger partial charge in [-0.1, -0.05) is 19.1 Å². The number of nitrogens with zero attached hydrogens (tertiary/aromatic N) is 1.